The standard InChI is InChI=1S/C16H14ClNO2/c1-19-9-8-12-2-6-15(7-3-12)20-16-10-14(17)5-4-13(16)11-18/h2-7,10H,8-9H2,1H3. The average molecular weight is 288 g/mol. The van der Waals surface area contributed by atoms with Gasteiger partial charge in [-0.1, -0.05) is 23.7 Å². The SMILES string of the molecule is COCCc1ccc(Oc2cc(Cl)ccc2C#N)cc1. The highest BCUT2D eigenvalue weighted by Crippen LogP contribution is 2.28. The fraction of sp³-hybridized carbons (Fsp3) is 0.188. The minimum atomic E-state index is 0.456. The molecule has 2 rings (SSSR count). The molecule has 4 heteroatoms. The van der Waals surface area contributed by atoms with Crippen LogP contribution in [-0.2, 0) is 11.2 Å². The molecule has 0 atom stereocenters. The highest BCUT2D eigenvalue weighted by molar-refractivity contribution is 6.30. The van der Waals surface area contributed by atoms with Crippen molar-refractivity contribution in [2.45, 2.75) is 6.42 Å². The molecular weight excluding hydrogens is 274 g/mol. The Morgan fingerprint density at radius 1 is 1.15 bits per heavy atom. The molecule has 0 bridgehead atoms. The summed E-state index contributed by atoms with van der Waals surface area (Å²) in [4.78, 5) is 0. The van der Waals surface area contributed by atoms with E-state index in [4.69, 9.17) is 26.3 Å². The van der Waals surface area contributed by atoms with E-state index in [2.05, 4.69) is 6.07 Å². The van der Waals surface area contributed by atoms with Crippen molar-refractivity contribution in [3.8, 4) is 17.6 Å². The first-order chi connectivity index (χ1) is 9.72. The van der Waals surface area contributed by atoms with E-state index in [9.17, 15) is 0 Å². The van der Waals surface area contributed by atoms with Crippen molar-refractivity contribution in [2.24, 2.45) is 0 Å². The summed E-state index contributed by atoms with van der Waals surface area (Å²) >= 11 is 5.92. The van der Waals surface area contributed by atoms with Gasteiger partial charge in [0.2, 0.25) is 0 Å². The summed E-state index contributed by atoms with van der Waals surface area (Å²) in [6.07, 6.45) is 0.859. The van der Waals surface area contributed by atoms with Gasteiger partial charge in [-0.15, -0.1) is 0 Å². The lowest BCUT2D eigenvalue weighted by Crippen LogP contribution is -1.94. The smallest absolute Gasteiger partial charge is 0.146 e. The fourth-order valence-corrected chi connectivity index (χ4v) is 1.91. The van der Waals surface area contributed by atoms with Crippen molar-refractivity contribution in [3.05, 3.63) is 58.6 Å². The van der Waals surface area contributed by atoms with Crippen molar-refractivity contribution in [1.29, 1.82) is 5.26 Å². The third kappa shape index (κ3) is 3.74. The van der Waals surface area contributed by atoms with Crippen LogP contribution in [0.3, 0.4) is 0 Å². The molecule has 0 saturated heterocycles. The maximum absolute atomic E-state index is 9.04. The van der Waals surface area contributed by atoms with E-state index in [-0.39, 0.29) is 0 Å². The van der Waals surface area contributed by atoms with Crippen molar-refractivity contribution in [1.82, 2.24) is 0 Å². The molecular formula is C16H14ClNO2. The Hall–Kier alpha value is -2.02. The molecule has 0 spiro atoms. The zero-order valence-corrected chi connectivity index (χ0v) is 11.9. The van der Waals surface area contributed by atoms with E-state index in [1.165, 1.54) is 5.56 Å². The number of rotatable bonds is 5. The molecule has 20 heavy (non-hydrogen) atoms. The molecule has 0 aliphatic heterocycles. The number of methoxy groups -OCH3 is 1. The summed E-state index contributed by atoms with van der Waals surface area (Å²) in [5.74, 6) is 1.13. The van der Waals surface area contributed by atoms with Crippen LogP contribution in [-0.4, -0.2) is 13.7 Å². The van der Waals surface area contributed by atoms with Gasteiger partial charge in [0.05, 0.1) is 12.2 Å². The van der Waals surface area contributed by atoms with Crippen LogP contribution in [0.15, 0.2) is 42.5 Å². The molecule has 0 aromatic heterocycles. The maximum atomic E-state index is 9.04. The van der Waals surface area contributed by atoms with Crippen molar-refractivity contribution in [3.63, 3.8) is 0 Å². The van der Waals surface area contributed by atoms with Crippen LogP contribution in [0.4, 0.5) is 0 Å². The number of halogens is 1. The van der Waals surface area contributed by atoms with Crippen LogP contribution in [0, 0.1) is 11.3 Å². The predicted molar refractivity (Wildman–Crippen MR) is 78.3 cm³/mol. The highest BCUT2D eigenvalue weighted by Gasteiger charge is 2.05. The number of hydrogen-bond acceptors (Lipinski definition) is 3. The van der Waals surface area contributed by atoms with Crippen molar-refractivity contribution in [2.75, 3.05) is 13.7 Å². The van der Waals surface area contributed by atoms with Gasteiger partial charge in [0, 0.05) is 18.2 Å². The van der Waals surface area contributed by atoms with Crippen LogP contribution < -0.4 is 4.74 Å². The highest BCUT2D eigenvalue weighted by atomic mass is 35.5. The topological polar surface area (TPSA) is 42.2 Å². The van der Waals surface area contributed by atoms with Crippen LogP contribution in [0.25, 0.3) is 0 Å². The van der Waals surface area contributed by atoms with E-state index in [0.717, 1.165) is 6.42 Å². The quantitative estimate of drug-likeness (QED) is 0.828. The number of nitriles is 1. The molecule has 0 unspecified atom stereocenters. The molecule has 0 fully saturated rings. The van der Waals surface area contributed by atoms with Crippen LogP contribution in [0.2, 0.25) is 5.02 Å². The van der Waals surface area contributed by atoms with Gasteiger partial charge in [0.1, 0.15) is 17.6 Å². The Kier molecular flexibility index (Phi) is 5.00. The Balaban J connectivity index is 2.14. The Morgan fingerprint density at radius 3 is 2.55 bits per heavy atom. The lowest BCUT2D eigenvalue weighted by atomic mass is 10.1. The van der Waals surface area contributed by atoms with Crippen molar-refractivity contribution < 1.29 is 9.47 Å². The van der Waals surface area contributed by atoms with E-state index in [1.807, 2.05) is 24.3 Å². The van der Waals surface area contributed by atoms with Crippen molar-refractivity contribution >= 4 is 11.6 Å². The first kappa shape index (κ1) is 14.4. The summed E-state index contributed by atoms with van der Waals surface area (Å²) in [5, 5.41) is 9.58. The van der Waals surface area contributed by atoms with Gasteiger partial charge in [-0.05, 0) is 36.2 Å². The molecule has 3 nitrogen and oxygen atoms in total. The average Bonchev–Trinajstić information content (AvgIpc) is 2.47. The second kappa shape index (κ2) is 6.95. The molecule has 0 saturated carbocycles. The minimum Gasteiger partial charge on any atom is -0.456 e. The Morgan fingerprint density at radius 2 is 1.90 bits per heavy atom. The summed E-state index contributed by atoms with van der Waals surface area (Å²) < 4.78 is 10.7. The third-order valence-corrected chi connectivity index (χ3v) is 3.05. The zero-order chi connectivity index (χ0) is 14.4. The van der Waals surface area contributed by atoms with Crippen LogP contribution in [0.1, 0.15) is 11.1 Å². The number of nitrogens with zero attached hydrogens (tertiary/aromatic N) is 1. The van der Waals surface area contributed by atoms with Gasteiger partial charge in [-0.2, -0.15) is 5.26 Å². The molecule has 0 amide bonds. The second-order valence-electron chi connectivity index (χ2n) is 4.24. The second-order valence-corrected chi connectivity index (χ2v) is 4.68. The van der Waals surface area contributed by atoms with Gasteiger partial charge in [0.25, 0.3) is 0 Å². The molecule has 0 N–H and O–H groups in total. The summed E-state index contributed by atoms with van der Waals surface area (Å²) in [6.45, 7) is 0.688. The molecule has 0 radical (unpaired) electrons. The third-order valence-electron chi connectivity index (χ3n) is 2.81. The van der Waals surface area contributed by atoms with Gasteiger partial charge in [-0.3, -0.25) is 0 Å². The first-order valence-corrected chi connectivity index (χ1v) is 6.56. The largest absolute Gasteiger partial charge is 0.456 e. The minimum absolute atomic E-state index is 0.456. The lowest BCUT2D eigenvalue weighted by molar-refractivity contribution is 0.202. The molecule has 2 aromatic rings. The van der Waals surface area contributed by atoms with E-state index in [0.29, 0.717) is 28.7 Å². The fourth-order valence-electron chi connectivity index (χ4n) is 1.74. The number of benzene rings is 2. The van der Waals surface area contributed by atoms with Gasteiger partial charge in [-0.25, -0.2) is 0 Å². The van der Waals surface area contributed by atoms with Gasteiger partial charge < -0.3 is 9.47 Å². The van der Waals surface area contributed by atoms with Gasteiger partial charge >= 0.3 is 0 Å². The predicted octanol–water partition coefficient (Wildman–Crippen LogP) is 4.19. The molecule has 0 aliphatic carbocycles. The molecule has 0 aliphatic rings. The first-order valence-electron chi connectivity index (χ1n) is 6.18. The zero-order valence-electron chi connectivity index (χ0n) is 11.1. The van der Waals surface area contributed by atoms with E-state index < -0.39 is 0 Å². The van der Waals surface area contributed by atoms with E-state index >= 15 is 0 Å². The Labute approximate surface area is 123 Å². The number of ether oxygens (including phenoxy) is 2. The number of hydrogen-bond donors (Lipinski definition) is 0. The van der Waals surface area contributed by atoms with E-state index in [1.54, 1.807) is 25.3 Å². The lowest BCUT2D eigenvalue weighted by Gasteiger charge is -2.08. The molecule has 0 heterocycles. The molecule has 2 aromatic carbocycles. The molecule has 102 valence electrons. The normalized spacial score (nSPS) is 10.1. The van der Waals surface area contributed by atoms with Crippen LogP contribution in [0.5, 0.6) is 11.5 Å². The van der Waals surface area contributed by atoms with Gasteiger partial charge in [0.15, 0.2) is 0 Å². The summed E-state index contributed by atoms with van der Waals surface area (Å²) in [5.41, 5.74) is 1.63. The Bertz CT molecular complexity index is 617. The summed E-state index contributed by atoms with van der Waals surface area (Å²) in [7, 11) is 1.68. The maximum Gasteiger partial charge on any atom is 0.146 e. The van der Waals surface area contributed by atoms with Crippen LogP contribution >= 0.6 is 11.6 Å². The summed E-state index contributed by atoms with van der Waals surface area (Å²) in [6, 6.07) is 14.7. The monoisotopic (exact) mass is 287 g/mol.